The molecule has 1 aromatic carbocycles. The number of aliphatic imine (C=N–C) groups is 1. The number of H-pyrrole nitrogens is 1. The van der Waals surface area contributed by atoms with E-state index in [1.54, 1.807) is 0 Å². The smallest absolute Gasteiger partial charge is 0.0679 e. The SMILES string of the molecule is CC1=Cc2[nH]ncc2C(/C(C(C)=NC2CCC3CN(C)C(CC#N)C3C2)=C(/N)c2ccc3c(cnn3C)c2)C1Cl. The molecule has 0 amide bonds. The minimum atomic E-state index is -0.273. The van der Waals surface area contributed by atoms with Crippen LogP contribution in [0.1, 0.15) is 62.3 Å². The first-order valence-corrected chi connectivity index (χ1v) is 14.6. The Balaban J connectivity index is 1.43. The highest BCUT2D eigenvalue weighted by atomic mass is 35.5. The molecule has 6 rings (SSSR count). The molecule has 0 radical (unpaired) electrons. The fourth-order valence-electron chi connectivity index (χ4n) is 7.41. The summed E-state index contributed by atoms with van der Waals surface area (Å²) in [6.45, 7) is 5.22. The number of likely N-dealkylation sites (tertiary alicyclic amines) is 1. The zero-order valence-corrected chi connectivity index (χ0v) is 24.4. The van der Waals surface area contributed by atoms with Crippen LogP contribution in [0.15, 0.2) is 46.7 Å². The van der Waals surface area contributed by atoms with Crippen LogP contribution in [0.3, 0.4) is 0 Å². The van der Waals surface area contributed by atoms with Gasteiger partial charge in [0.25, 0.3) is 0 Å². The highest BCUT2D eigenvalue weighted by molar-refractivity contribution is 6.25. The molecule has 8 nitrogen and oxygen atoms in total. The lowest BCUT2D eigenvalue weighted by atomic mass is 9.75. The van der Waals surface area contributed by atoms with Crippen molar-refractivity contribution in [3.05, 3.63) is 58.6 Å². The van der Waals surface area contributed by atoms with Crippen molar-refractivity contribution in [2.45, 2.75) is 62.9 Å². The molecule has 0 bridgehead atoms. The van der Waals surface area contributed by atoms with Gasteiger partial charge in [0.2, 0.25) is 0 Å². The monoisotopic (exact) mass is 556 g/mol. The summed E-state index contributed by atoms with van der Waals surface area (Å²) in [5.41, 5.74) is 14.7. The third kappa shape index (κ3) is 4.55. The van der Waals surface area contributed by atoms with E-state index in [0.29, 0.717) is 30.0 Å². The molecule has 6 unspecified atom stereocenters. The summed E-state index contributed by atoms with van der Waals surface area (Å²) < 4.78 is 1.87. The quantitative estimate of drug-likeness (QED) is 0.329. The van der Waals surface area contributed by atoms with Crippen LogP contribution in [0, 0.1) is 23.2 Å². The van der Waals surface area contributed by atoms with Crippen LogP contribution in [-0.4, -0.2) is 61.6 Å². The second kappa shape index (κ2) is 10.5. The van der Waals surface area contributed by atoms with Gasteiger partial charge in [-0.25, -0.2) is 0 Å². The first-order chi connectivity index (χ1) is 19.3. The van der Waals surface area contributed by atoms with Gasteiger partial charge in [0.15, 0.2) is 0 Å². The Labute approximate surface area is 240 Å². The Hall–Kier alpha value is -3.41. The fourth-order valence-corrected chi connectivity index (χ4v) is 7.73. The van der Waals surface area contributed by atoms with Gasteiger partial charge in [-0.3, -0.25) is 14.8 Å². The molecule has 1 saturated heterocycles. The largest absolute Gasteiger partial charge is 0.398 e. The summed E-state index contributed by atoms with van der Waals surface area (Å²) in [6.07, 6.45) is 9.57. The number of benzene rings is 1. The van der Waals surface area contributed by atoms with E-state index in [-0.39, 0.29) is 17.3 Å². The third-order valence-electron chi connectivity index (χ3n) is 9.46. The summed E-state index contributed by atoms with van der Waals surface area (Å²) in [5.74, 6) is 0.959. The maximum Gasteiger partial charge on any atom is 0.0679 e. The summed E-state index contributed by atoms with van der Waals surface area (Å²) in [4.78, 5) is 7.75. The van der Waals surface area contributed by atoms with E-state index in [4.69, 9.17) is 22.3 Å². The first kappa shape index (κ1) is 26.8. The number of nitrogens with two attached hydrogens (primary N) is 1. The van der Waals surface area contributed by atoms with Gasteiger partial charge in [-0.1, -0.05) is 11.6 Å². The summed E-state index contributed by atoms with van der Waals surface area (Å²) in [5, 5.41) is 22.1. The molecule has 40 heavy (non-hydrogen) atoms. The Morgan fingerprint density at radius 1 is 1.27 bits per heavy atom. The fraction of sp³-hybridized carbons (Fsp3) is 0.484. The molecule has 3 aromatic rings. The minimum absolute atomic E-state index is 0.186. The van der Waals surface area contributed by atoms with E-state index in [1.165, 1.54) is 0 Å². The van der Waals surface area contributed by atoms with Crippen molar-refractivity contribution in [1.82, 2.24) is 24.9 Å². The molecule has 9 heteroatoms. The molecule has 3 heterocycles. The molecular formula is C31H37ClN8. The number of halogens is 1. The summed E-state index contributed by atoms with van der Waals surface area (Å²) >= 11 is 7.17. The van der Waals surface area contributed by atoms with Crippen LogP contribution < -0.4 is 5.73 Å². The molecule has 2 aromatic heterocycles. The van der Waals surface area contributed by atoms with Gasteiger partial charge in [-0.2, -0.15) is 15.5 Å². The number of hydrogen-bond donors (Lipinski definition) is 2. The van der Waals surface area contributed by atoms with Crippen LogP contribution >= 0.6 is 11.6 Å². The van der Waals surface area contributed by atoms with Crippen LogP contribution in [0.4, 0.5) is 0 Å². The molecular weight excluding hydrogens is 520 g/mol. The zero-order chi connectivity index (χ0) is 28.1. The average Bonchev–Trinajstić information content (AvgIpc) is 3.63. The van der Waals surface area contributed by atoms with Gasteiger partial charge in [0, 0.05) is 53.5 Å². The van der Waals surface area contributed by atoms with Crippen molar-refractivity contribution in [3.8, 4) is 6.07 Å². The van der Waals surface area contributed by atoms with Crippen molar-refractivity contribution in [2.24, 2.45) is 29.6 Å². The second-order valence-electron chi connectivity index (χ2n) is 11.9. The van der Waals surface area contributed by atoms with Gasteiger partial charge in [-0.05, 0) is 75.8 Å². The van der Waals surface area contributed by atoms with E-state index in [9.17, 15) is 5.26 Å². The molecule has 6 atom stereocenters. The van der Waals surface area contributed by atoms with Gasteiger partial charge >= 0.3 is 0 Å². The second-order valence-corrected chi connectivity index (χ2v) is 12.3. The molecule has 2 aliphatic carbocycles. The van der Waals surface area contributed by atoms with Crippen molar-refractivity contribution in [3.63, 3.8) is 0 Å². The van der Waals surface area contributed by atoms with Crippen LogP contribution in [0.5, 0.6) is 0 Å². The van der Waals surface area contributed by atoms with Gasteiger partial charge in [0.05, 0.1) is 47.5 Å². The van der Waals surface area contributed by atoms with Crippen LogP contribution in [0.25, 0.3) is 22.7 Å². The minimum Gasteiger partial charge on any atom is -0.398 e. The molecule has 2 fully saturated rings. The number of fused-ring (bicyclic) bond motifs is 3. The summed E-state index contributed by atoms with van der Waals surface area (Å²) in [6, 6.07) is 9.14. The van der Waals surface area contributed by atoms with Gasteiger partial charge < -0.3 is 10.6 Å². The van der Waals surface area contributed by atoms with Gasteiger partial charge in [0.1, 0.15) is 0 Å². The molecule has 208 valence electrons. The average molecular weight is 557 g/mol. The highest BCUT2D eigenvalue weighted by Gasteiger charge is 2.43. The molecule has 3 aliphatic rings. The standard InChI is InChI=1S/C31H37ClN8/c1-17-11-25-24(15-35-38-25)29(30(17)32)28(31(34)19-6-8-26-21(12-19)14-36-40(26)4)18(2)37-22-7-5-20-16-39(3)27(9-10-33)23(20)13-22/h6,8,11-12,14-15,20,22-23,27,29-30H,5,7,9,13,16,34H2,1-4H3,(H,35,38)/b31-28+,37-18?. The Kier molecular flexibility index (Phi) is 7.05. The lowest BCUT2D eigenvalue weighted by Gasteiger charge is -2.34. The third-order valence-corrected chi connectivity index (χ3v) is 10.1. The van der Waals surface area contributed by atoms with E-state index in [1.807, 2.05) is 24.1 Å². The number of nitrogens with zero attached hydrogens (tertiary/aromatic N) is 6. The Morgan fingerprint density at radius 2 is 2.10 bits per heavy atom. The van der Waals surface area contributed by atoms with E-state index >= 15 is 0 Å². The first-order valence-electron chi connectivity index (χ1n) is 14.2. The molecule has 1 aliphatic heterocycles. The Bertz CT molecular complexity index is 1570. The number of nitrogens with one attached hydrogen (secondary N) is 1. The lowest BCUT2D eigenvalue weighted by molar-refractivity contribution is 0.223. The topological polar surface area (TPSA) is 112 Å². The number of rotatable bonds is 5. The van der Waals surface area contributed by atoms with Crippen molar-refractivity contribution >= 4 is 40.0 Å². The number of allylic oxidation sites excluding steroid dienone is 2. The van der Waals surface area contributed by atoms with E-state index in [2.05, 4.69) is 71.4 Å². The van der Waals surface area contributed by atoms with E-state index < -0.39 is 0 Å². The van der Waals surface area contributed by atoms with Gasteiger partial charge in [-0.15, -0.1) is 11.6 Å². The lowest BCUT2D eigenvalue weighted by Crippen LogP contribution is -2.33. The number of aryl methyl sites for hydroxylation is 1. The van der Waals surface area contributed by atoms with Crippen molar-refractivity contribution in [1.29, 1.82) is 5.26 Å². The number of hydrogen-bond acceptors (Lipinski definition) is 6. The number of nitriles is 1. The summed E-state index contributed by atoms with van der Waals surface area (Å²) in [7, 11) is 4.10. The molecule has 0 spiro atoms. The van der Waals surface area contributed by atoms with Crippen LogP contribution in [-0.2, 0) is 7.05 Å². The van der Waals surface area contributed by atoms with Crippen molar-refractivity contribution < 1.29 is 0 Å². The number of alkyl halides is 1. The number of aromatic nitrogens is 4. The predicted octanol–water partition coefficient (Wildman–Crippen LogP) is 5.25. The van der Waals surface area contributed by atoms with Crippen LogP contribution in [0.2, 0.25) is 0 Å². The molecule has 3 N–H and O–H groups in total. The Morgan fingerprint density at radius 3 is 2.90 bits per heavy atom. The van der Waals surface area contributed by atoms with Crippen molar-refractivity contribution in [2.75, 3.05) is 13.6 Å². The maximum atomic E-state index is 9.45. The van der Waals surface area contributed by atoms with E-state index in [0.717, 1.165) is 70.4 Å². The zero-order valence-electron chi connectivity index (χ0n) is 23.6. The molecule has 1 saturated carbocycles. The number of aromatic amines is 1. The highest BCUT2D eigenvalue weighted by Crippen LogP contribution is 2.45. The predicted molar refractivity (Wildman–Crippen MR) is 161 cm³/mol. The maximum absolute atomic E-state index is 9.45. The normalized spacial score (nSPS) is 29.5.